The predicted molar refractivity (Wildman–Crippen MR) is 83.4 cm³/mol. The second-order valence-electron chi connectivity index (χ2n) is 6.95. The van der Waals surface area contributed by atoms with Gasteiger partial charge in [-0.2, -0.15) is 0 Å². The Balaban J connectivity index is 1.92. The van der Waals surface area contributed by atoms with E-state index in [0.29, 0.717) is 0 Å². The summed E-state index contributed by atoms with van der Waals surface area (Å²) in [7, 11) is 0. The highest BCUT2D eigenvalue weighted by molar-refractivity contribution is 5.84. The van der Waals surface area contributed by atoms with Crippen LogP contribution in [0.2, 0.25) is 0 Å². The number of nitrogens with one attached hydrogen (secondary N) is 1. The van der Waals surface area contributed by atoms with Crippen LogP contribution < -0.4 is 11.1 Å². The van der Waals surface area contributed by atoms with Gasteiger partial charge in [0.2, 0.25) is 5.91 Å². The maximum absolute atomic E-state index is 12.1. The number of carbonyl (C=O) groups is 1. The van der Waals surface area contributed by atoms with Crippen molar-refractivity contribution < 1.29 is 4.79 Å². The van der Waals surface area contributed by atoms with Crippen LogP contribution in [0.4, 0.5) is 0 Å². The first-order chi connectivity index (χ1) is 9.73. The van der Waals surface area contributed by atoms with Gasteiger partial charge in [0, 0.05) is 0 Å². The lowest BCUT2D eigenvalue weighted by Crippen LogP contribution is -2.56. The van der Waals surface area contributed by atoms with Gasteiger partial charge in [-0.1, -0.05) is 57.8 Å². The van der Waals surface area contributed by atoms with E-state index in [4.69, 9.17) is 5.73 Å². The van der Waals surface area contributed by atoms with E-state index >= 15 is 0 Å². The van der Waals surface area contributed by atoms with Crippen molar-refractivity contribution in [2.24, 2.45) is 11.7 Å². The topological polar surface area (TPSA) is 55.1 Å². The molecule has 0 unspecified atom stereocenters. The molecule has 0 atom stereocenters. The van der Waals surface area contributed by atoms with E-state index < -0.39 is 5.54 Å². The lowest BCUT2D eigenvalue weighted by Gasteiger charge is -2.32. The standard InChI is InChI=1S/C17H32N2O/c18-16(20)17(19-14-15-10-11-15)12-8-6-4-2-1-3-5-7-9-13-17/h15,19H,1-14H2,(H2,18,20). The Bertz CT molecular complexity index is 287. The largest absolute Gasteiger partial charge is 0.368 e. The molecule has 116 valence electrons. The van der Waals surface area contributed by atoms with Crippen molar-refractivity contribution in [3.8, 4) is 0 Å². The molecular weight excluding hydrogens is 248 g/mol. The van der Waals surface area contributed by atoms with Gasteiger partial charge in [0.05, 0.1) is 5.54 Å². The van der Waals surface area contributed by atoms with Crippen LogP contribution in [-0.4, -0.2) is 18.0 Å². The minimum Gasteiger partial charge on any atom is -0.368 e. The van der Waals surface area contributed by atoms with Gasteiger partial charge in [-0.25, -0.2) is 0 Å². The molecule has 2 aliphatic carbocycles. The second kappa shape index (κ2) is 8.02. The lowest BCUT2D eigenvalue weighted by atomic mass is 9.84. The van der Waals surface area contributed by atoms with E-state index in [1.165, 1.54) is 57.8 Å². The summed E-state index contributed by atoms with van der Waals surface area (Å²) in [6.45, 7) is 0.989. The Morgan fingerprint density at radius 1 is 0.900 bits per heavy atom. The summed E-state index contributed by atoms with van der Waals surface area (Å²) >= 11 is 0. The minimum absolute atomic E-state index is 0.116. The first-order valence-electron chi connectivity index (χ1n) is 8.78. The smallest absolute Gasteiger partial charge is 0.237 e. The van der Waals surface area contributed by atoms with Gasteiger partial charge in [-0.3, -0.25) is 4.79 Å². The number of carbonyl (C=O) groups excluding carboxylic acids is 1. The van der Waals surface area contributed by atoms with Crippen molar-refractivity contribution in [1.29, 1.82) is 0 Å². The van der Waals surface area contributed by atoms with Crippen molar-refractivity contribution in [3.63, 3.8) is 0 Å². The van der Waals surface area contributed by atoms with E-state index in [0.717, 1.165) is 38.1 Å². The zero-order valence-electron chi connectivity index (χ0n) is 13.0. The highest BCUT2D eigenvalue weighted by Crippen LogP contribution is 2.30. The minimum atomic E-state index is -0.415. The molecule has 0 radical (unpaired) electrons. The van der Waals surface area contributed by atoms with Gasteiger partial charge in [0.25, 0.3) is 0 Å². The van der Waals surface area contributed by atoms with Gasteiger partial charge >= 0.3 is 0 Å². The molecule has 20 heavy (non-hydrogen) atoms. The van der Waals surface area contributed by atoms with Crippen LogP contribution >= 0.6 is 0 Å². The Morgan fingerprint density at radius 2 is 1.35 bits per heavy atom. The van der Waals surface area contributed by atoms with E-state index in [2.05, 4.69) is 5.32 Å². The molecule has 0 aromatic carbocycles. The first kappa shape index (κ1) is 15.8. The fourth-order valence-electron chi connectivity index (χ4n) is 3.39. The van der Waals surface area contributed by atoms with Gasteiger partial charge in [0.15, 0.2) is 0 Å². The summed E-state index contributed by atoms with van der Waals surface area (Å²) in [5.74, 6) is 0.683. The summed E-state index contributed by atoms with van der Waals surface area (Å²) in [6.07, 6.45) is 16.0. The number of primary amides is 1. The molecule has 3 nitrogen and oxygen atoms in total. The maximum atomic E-state index is 12.1. The maximum Gasteiger partial charge on any atom is 0.237 e. The molecule has 0 spiro atoms. The van der Waals surface area contributed by atoms with Crippen molar-refractivity contribution in [1.82, 2.24) is 5.32 Å². The van der Waals surface area contributed by atoms with E-state index in [9.17, 15) is 4.79 Å². The number of hydrogen-bond acceptors (Lipinski definition) is 2. The second-order valence-corrected chi connectivity index (χ2v) is 6.95. The van der Waals surface area contributed by atoms with Crippen LogP contribution in [0.3, 0.4) is 0 Å². The van der Waals surface area contributed by atoms with Gasteiger partial charge < -0.3 is 11.1 Å². The molecule has 2 fully saturated rings. The molecule has 0 aliphatic heterocycles. The van der Waals surface area contributed by atoms with E-state index in [1.54, 1.807) is 0 Å². The lowest BCUT2D eigenvalue weighted by molar-refractivity contribution is -0.125. The zero-order valence-corrected chi connectivity index (χ0v) is 13.0. The van der Waals surface area contributed by atoms with Crippen LogP contribution in [0.25, 0.3) is 0 Å². The monoisotopic (exact) mass is 280 g/mol. The molecule has 3 N–H and O–H groups in total. The van der Waals surface area contributed by atoms with Crippen molar-refractivity contribution >= 4 is 5.91 Å². The number of hydrogen-bond donors (Lipinski definition) is 2. The Morgan fingerprint density at radius 3 is 1.75 bits per heavy atom. The SMILES string of the molecule is NC(=O)C1(NCC2CC2)CCCCCCCCCCC1. The van der Waals surface area contributed by atoms with Crippen LogP contribution in [-0.2, 0) is 4.79 Å². The molecule has 2 rings (SSSR count). The highest BCUT2D eigenvalue weighted by Gasteiger charge is 2.36. The van der Waals surface area contributed by atoms with E-state index in [1.807, 2.05) is 0 Å². The third-order valence-electron chi connectivity index (χ3n) is 5.10. The average Bonchev–Trinajstić information content (AvgIpc) is 3.22. The van der Waals surface area contributed by atoms with Crippen LogP contribution in [0, 0.1) is 5.92 Å². The third kappa shape index (κ3) is 5.08. The van der Waals surface area contributed by atoms with Crippen molar-refractivity contribution in [2.45, 2.75) is 89.0 Å². The molecule has 0 saturated heterocycles. The Hall–Kier alpha value is -0.570. The van der Waals surface area contributed by atoms with Crippen molar-refractivity contribution in [3.05, 3.63) is 0 Å². The highest BCUT2D eigenvalue weighted by atomic mass is 16.1. The van der Waals surface area contributed by atoms with Crippen LogP contribution in [0.5, 0.6) is 0 Å². The molecule has 2 aliphatic rings. The van der Waals surface area contributed by atoms with Crippen LogP contribution in [0.1, 0.15) is 83.5 Å². The summed E-state index contributed by atoms with van der Waals surface area (Å²) in [5, 5.41) is 3.57. The molecular formula is C17H32N2O. The number of amides is 1. The Labute approximate surface area is 124 Å². The van der Waals surface area contributed by atoms with Gasteiger partial charge in [0.1, 0.15) is 0 Å². The summed E-state index contributed by atoms with van der Waals surface area (Å²) in [4.78, 5) is 12.1. The summed E-state index contributed by atoms with van der Waals surface area (Å²) < 4.78 is 0. The van der Waals surface area contributed by atoms with Crippen LogP contribution in [0.15, 0.2) is 0 Å². The number of rotatable bonds is 4. The summed E-state index contributed by atoms with van der Waals surface area (Å²) in [5.41, 5.74) is 5.37. The third-order valence-corrected chi connectivity index (χ3v) is 5.10. The average molecular weight is 280 g/mol. The quantitative estimate of drug-likeness (QED) is 0.828. The fourth-order valence-corrected chi connectivity index (χ4v) is 3.39. The normalized spacial score (nSPS) is 25.4. The Kier molecular flexibility index (Phi) is 6.34. The molecule has 0 bridgehead atoms. The summed E-state index contributed by atoms with van der Waals surface area (Å²) in [6, 6.07) is 0. The van der Waals surface area contributed by atoms with Gasteiger partial charge in [-0.05, 0) is 38.1 Å². The molecule has 3 heteroatoms. The fraction of sp³-hybridized carbons (Fsp3) is 0.941. The molecule has 1 amide bonds. The molecule has 0 aromatic rings. The van der Waals surface area contributed by atoms with Gasteiger partial charge in [-0.15, -0.1) is 0 Å². The molecule has 0 aromatic heterocycles. The van der Waals surface area contributed by atoms with Crippen molar-refractivity contribution in [2.75, 3.05) is 6.54 Å². The number of nitrogens with two attached hydrogens (primary N) is 1. The van der Waals surface area contributed by atoms with E-state index in [-0.39, 0.29) is 5.91 Å². The molecule has 0 heterocycles. The first-order valence-corrected chi connectivity index (χ1v) is 8.78. The molecule has 2 saturated carbocycles. The zero-order chi connectivity index (χ0) is 14.3. The predicted octanol–water partition coefficient (Wildman–Crippen LogP) is 3.51.